The number of aliphatic carboxylic acids is 1. The van der Waals surface area contributed by atoms with Crippen LogP contribution in [0.3, 0.4) is 0 Å². The Labute approximate surface area is 189 Å². The van der Waals surface area contributed by atoms with Crippen LogP contribution in [0, 0.1) is 5.92 Å². The van der Waals surface area contributed by atoms with Gasteiger partial charge in [0.15, 0.2) is 0 Å². The predicted molar refractivity (Wildman–Crippen MR) is 116 cm³/mol. The maximum Gasteiger partial charge on any atom is 0.490 e. The highest BCUT2D eigenvalue weighted by Gasteiger charge is 2.51. The summed E-state index contributed by atoms with van der Waals surface area (Å²) in [5.41, 5.74) is 5.12. The molecule has 0 amide bonds. The highest BCUT2D eigenvalue weighted by molar-refractivity contribution is 6.30. The Morgan fingerprint density at radius 3 is 2.47 bits per heavy atom. The lowest BCUT2D eigenvalue weighted by atomic mass is 9.52. The third kappa shape index (κ3) is 4.20. The molecule has 0 radical (unpaired) electrons. The zero-order chi connectivity index (χ0) is 23.1. The Bertz CT molecular complexity index is 1000. The monoisotopic (exact) mass is 467 g/mol. The molecule has 172 valence electrons. The molecule has 2 bridgehead atoms. The number of nitrogens with one attached hydrogen (secondary N) is 1. The Morgan fingerprint density at radius 1 is 1.12 bits per heavy atom. The number of carbonyl (C=O) groups is 1. The van der Waals surface area contributed by atoms with E-state index in [2.05, 4.69) is 17.4 Å². The van der Waals surface area contributed by atoms with Gasteiger partial charge in [0.2, 0.25) is 0 Å². The fourth-order valence-corrected chi connectivity index (χ4v) is 5.96. The Kier molecular flexibility index (Phi) is 6.16. The summed E-state index contributed by atoms with van der Waals surface area (Å²) in [5, 5.41) is 22.5. The van der Waals surface area contributed by atoms with Gasteiger partial charge in [-0.2, -0.15) is 13.2 Å². The topological polar surface area (TPSA) is 69.6 Å². The van der Waals surface area contributed by atoms with E-state index in [9.17, 15) is 18.3 Å². The first-order chi connectivity index (χ1) is 15.1. The van der Waals surface area contributed by atoms with E-state index in [1.165, 1.54) is 43.2 Å². The second-order valence-electron chi connectivity index (χ2n) is 8.86. The van der Waals surface area contributed by atoms with E-state index in [0.29, 0.717) is 11.8 Å². The number of carboxylic acid groups (broad SMARTS) is 1. The van der Waals surface area contributed by atoms with E-state index in [0.717, 1.165) is 35.0 Å². The Hall–Kier alpha value is -2.25. The zero-order valence-electron chi connectivity index (χ0n) is 17.4. The zero-order valence-corrected chi connectivity index (χ0v) is 18.1. The summed E-state index contributed by atoms with van der Waals surface area (Å²) in [4.78, 5) is 8.90. The van der Waals surface area contributed by atoms with Gasteiger partial charge in [-0.3, -0.25) is 0 Å². The van der Waals surface area contributed by atoms with Gasteiger partial charge in [0, 0.05) is 22.0 Å². The Morgan fingerprint density at radius 2 is 1.81 bits per heavy atom. The molecule has 0 unspecified atom stereocenters. The van der Waals surface area contributed by atoms with Crippen molar-refractivity contribution < 1.29 is 28.2 Å². The third-order valence-corrected chi connectivity index (χ3v) is 7.41. The van der Waals surface area contributed by atoms with Gasteiger partial charge in [0.25, 0.3) is 0 Å². The first kappa shape index (κ1) is 22.9. The van der Waals surface area contributed by atoms with Crippen LogP contribution in [0.25, 0.3) is 11.1 Å². The minimum absolute atomic E-state index is 0.289. The molecular weight excluding hydrogens is 443 g/mol. The van der Waals surface area contributed by atoms with E-state index in [1.807, 2.05) is 24.3 Å². The summed E-state index contributed by atoms with van der Waals surface area (Å²) in [6.45, 7) is 1.11. The van der Waals surface area contributed by atoms with Crippen molar-refractivity contribution in [3.8, 4) is 16.9 Å². The molecule has 8 heteroatoms. The molecule has 2 fully saturated rings. The number of rotatable bonds is 1. The molecule has 2 aromatic carbocycles. The van der Waals surface area contributed by atoms with E-state index >= 15 is 0 Å². The molecule has 1 aliphatic heterocycles. The molecular formula is C24H25ClF3NO3. The quantitative estimate of drug-likeness (QED) is 0.503. The Balaban J connectivity index is 0.000000307. The molecule has 2 aromatic rings. The van der Waals surface area contributed by atoms with Crippen LogP contribution >= 0.6 is 11.6 Å². The number of carboxylic acids is 1. The van der Waals surface area contributed by atoms with Crippen molar-refractivity contribution in [2.75, 3.05) is 6.54 Å². The van der Waals surface area contributed by atoms with Crippen LogP contribution in [-0.2, 0) is 16.6 Å². The minimum Gasteiger partial charge on any atom is -0.507 e. The van der Waals surface area contributed by atoms with Gasteiger partial charge in [-0.25, -0.2) is 4.79 Å². The SMILES string of the molecule is O=C(O)C(F)(F)F.Oc1cc2c(cc1-c1ccc(Cl)cc1)C[C@@H]1NCC[C@]23CCCC[C@H]13. The number of phenolic OH excluding ortho intramolecular Hbond substituents is 1. The van der Waals surface area contributed by atoms with Crippen LogP contribution < -0.4 is 5.32 Å². The molecule has 3 atom stereocenters. The lowest BCUT2D eigenvalue weighted by Gasteiger charge is -2.56. The molecule has 1 saturated carbocycles. The van der Waals surface area contributed by atoms with Crippen LogP contribution in [0.1, 0.15) is 43.2 Å². The van der Waals surface area contributed by atoms with Crippen LogP contribution in [-0.4, -0.2) is 34.9 Å². The summed E-state index contributed by atoms with van der Waals surface area (Å²) >= 11 is 6.02. The van der Waals surface area contributed by atoms with Gasteiger partial charge in [-0.15, -0.1) is 0 Å². The summed E-state index contributed by atoms with van der Waals surface area (Å²) in [6, 6.07) is 12.7. The van der Waals surface area contributed by atoms with E-state index in [4.69, 9.17) is 21.5 Å². The predicted octanol–water partition coefficient (Wildman–Crippen LogP) is 5.69. The second kappa shape index (κ2) is 8.60. The van der Waals surface area contributed by atoms with Crippen molar-refractivity contribution in [1.82, 2.24) is 5.32 Å². The molecule has 32 heavy (non-hydrogen) atoms. The number of alkyl halides is 3. The number of fused-ring (bicyclic) bond motifs is 1. The molecule has 0 aromatic heterocycles. The van der Waals surface area contributed by atoms with Gasteiger partial charge in [0.1, 0.15) is 5.75 Å². The maximum absolute atomic E-state index is 10.8. The average molecular weight is 468 g/mol. The maximum atomic E-state index is 10.8. The second-order valence-corrected chi connectivity index (χ2v) is 9.30. The van der Waals surface area contributed by atoms with Crippen molar-refractivity contribution in [2.45, 2.75) is 56.2 Å². The fourth-order valence-electron chi connectivity index (χ4n) is 5.83. The van der Waals surface area contributed by atoms with Gasteiger partial charge in [-0.1, -0.05) is 36.6 Å². The lowest BCUT2D eigenvalue weighted by molar-refractivity contribution is -0.192. The van der Waals surface area contributed by atoms with Gasteiger partial charge in [-0.05, 0) is 79.1 Å². The van der Waals surface area contributed by atoms with Crippen LogP contribution in [0.2, 0.25) is 5.02 Å². The van der Waals surface area contributed by atoms with Gasteiger partial charge < -0.3 is 15.5 Å². The number of halogens is 4. The molecule has 4 nitrogen and oxygen atoms in total. The standard InChI is InChI=1S/C22H24ClNO.C2HF3O2/c23-16-6-4-14(5-7-16)17-11-15-12-20-18-3-1-2-8-22(18,9-10-24-20)19(15)13-21(17)25;3-2(4,5)1(6)7/h4-7,11,13,18,20,24-25H,1-3,8-10,12H2;(H,6,7)/t18-,20+,22+;/m1./s1. The average Bonchev–Trinajstić information content (AvgIpc) is 2.74. The van der Waals surface area contributed by atoms with E-state index in [-0.39, 0.29) is 5.41 Å². The molecule has 1 saturated heterocycles. The smallest absolute Gasteiger partial charge is 0.490 e. The molecule has 0 spiro atoms. The number of piperidine rings is 1. The van der Waals surface area contributed by atoms with Crippen LogP contribution in [0.5, 0.6) is 5.75 Å². The fraction of sp³-hybridized carbons (Fsp3) is 0.458. The largest absolute Gasteiger partial charge is 0.507 e. The van der Waals surface area contributed by atoms with Gasteiger partial charge >= 0.3 is 12.1 Å². The van der Waals surface area contributed by atoms with Crippen molar-refractivity contribution >= 4 is 17.6 Å². The first-order valence-electron chi connectivity index (χ1n) is 10.8. The number of benzene rings is 2. The summed E-state index contributed by atoms with van der Waals surface area (Å²) < 4.78 is 31.7. The van der Waals surface area contributed by atoms with Gasteiger partial charge in [0.05, 0.1) is 0 Å². The molecule has 1 heterocycles. The first-order valence-corrected chi connectivity index (χ1v) is 11.2. The van der Waals surface area contributed by atoms with E-state index in [1.54, 1.807) is 0 Å². The number of phenols is 1. The summed E-state index contributed by atoms with van der Waals surface area (Å²) in [5.74, 6) is -1.60. The number of hydrogen-bond acceptors (Lipinski definition) is 3. The summed E-state index contributed by atoms with van der Waals surface area (Å²) in [6.07, 6.45) is 2.50. The molecule has 2 aliphatic carbocycles. The normalized spacial score (nSPS) is 26.2. The molecule has 3 aliphatic rings. The van der Waals surface area contributed by atoms with Crippen molar-refractivity contribution in [1.29, 1.82) is 0 Å². The van der Waals surface area contributed by atoms with E-state index < -0.39 is 12.1 Å². The lowest BCUT2D eigenvalue weighted by Crippen LogP contribution is -2.59. The van der Waals surface area contributed by atoms with Crippen LogP contribution in [0.4, 0.5) is 13.2 Å². The number of hydrogen-bond donors (Lipinski definition) is 3. The highest BCUT2D eigenvalue weighted by atomic mass is 35.5. The number of aromatic hydroxyl groups is 1. The summed E-state index contributed by atoms with van der Waals surface area (Å²) in [7, 11) is 0. The van der Waals surface area contributed by atoms with Crippen molar-refractivity contribution in [2.24, 2.45) is 5.92 Å². The molecule has 5 rings (SSSR count). The molecule has 3 N–H and O–H groups in total. The minimum atomic E-state index is -5.08. The van der Waals surface area contributed by atoms with Crippen molar-refractivity contribution in [3.63, 3.8) is 0 Å². The van der Waals surface area contributed by atoms with Crippen LogP contribution in [0.15, 0.2) is 36.4 Å². The highest BCUT2D eigenvalue weighted by Crippen LogP contribution is 2.55. The third-order valence-electron chi connectivity index (χ3n) is 7.16. The van der Waals surface area contributed by atoms with Crippen molar-refractivity contribution in [3.05, 3.63) is 52.5 Å².